The minimum Gasteiger partial charge on any atom is -0.461 e. The molecule has 4 heterocycles. The fourth-order valence-electron chi connectivity index (χ4n) is 7.20. The molecule has 2 unspecified atom stereocenters. The first-order valence-electron chi connectivity index (χ1n) is 18.6. The molecular formula is C41H51N7O5. The number of benzene rings is 2. The van der Waals surface area contributed by atoms with Crippen LogP contribution < -0.4 is 5.32 Å². The number of methoxy groups -OCH3 is 1. The van der Waals surface area contributed by atoms with Crippen LogP contribution in [0.4, 0.5) is 4.79 Å². The Balaban J connectivity index is 1.21. The van der Waals surface area contributed by atoms with Gasteiger partial charge in [-0.1, -0.05) is 65.0 Å². The Bertz CT molecular complexity index is 2060. The third-order valence-corrected chi connectivity index (χ3v) is 9.84. The van der Waals surface area contributed by atoms with E-state index in [1.807, 2.05) is 44.9 Å². The second kappa shape index (κ2) is 16.1. The van der Waals surface area contributed by atoms with E-state index in [9.17, 15) is 14.4 Å². The van der Waals surface area contributed by atoms with Gasteiger partial charge in [0.1, 0.15) is 29.0 Å². The minimum atomic E-state index is -0.720. The predicted octanol–water partition coefficient (Wildman–Crippen LogP) is 8.02. The van der Waals surface area contributed by atoms with Crippen molar-refractivity contribution in [1.29, 1.82) is 0 Å². The van der Waals surface area contributed by atoms with E-state index in [-0.39, 0.29) is 30.3 Å². The van der Waals surface area contributed by atoms with E-state index >= 15 is 0 Å². The molecule has 12 nitrogen and oxygen atoms in total. The highest BCUT2D eigenvalue weighted by Crippen LogP contribution is 2.38. The van der Waals surface area contributed by atoms with Crippen LogP contribution in [0.15, 0.2) is 59.3 Å². The number of nitrogens with one attached hydrogen (secondary N) is 3. The molecule has 1 saturated heterocycles. The van der Waals surface area contributed by atoms with E-state index in [0.29, 0.717) is 24.7 Å². The molecule has 0 spiro atoms. The molecule has 1 aliphatic heterocycles. The van der Waals surface area contributed by atoms with E-state index in [2.05, 4.69) is 70.5 Å². The molecule has 1 fully saturated rings. The number of imidazole rings is 2. The lowest BCUT2D eigenvalue weighted by Gasteiger charge is -2.28. The van der Waals surface area contributed by atoms with Gasteiger partial charge in [-0.05, 0) is 66.8 Å². The molecule has 53 heavy (non-hydrogen) atoms. The normalized spacial score (nSPS) is 15.0. The van der Waals surface area contributed by atoms with Crippen molar-refractivity contribution in [2.24, 2.45) is 11.8 Å². The number of likely N-dealkylation sites (tertiary alicyclic amines) is 1. The molecule has 2 aromatic carbocycles. The van der Waals surface area contributed by atoms with Gasteiger partial charge in [0.25, 0.3) is 0 Å². The highest BCUT2D eigenvalue weighted by molar-refractivity contribution is 6.02. The number of alkyl carbamates (subject to hydrolysis) is 1. The van der Waals surface area contributed by atoms with Gasteiger partial charge in [0, 0.05) is 30.5 Å². The third kappa shape index (κ3) is 8.16. The number of aromatic amines is 2. The Hall–Kier alpha value is -5.39. The lowest BCUT2D eigenvalue weighted by atomic mass is 9.97. The summed E-state index contributed by atoms with van der Waals surface area (Å²) in [6.07, 6.45) is 6.19. The number of hydrogen-bond donors (Lipinski definition) is 3. The van der Waals surface area contributed by atoms with Crippen LogP contribution in [0.2, 0.25) is 0 Å². The standard InChI is InChI=1S/C41H51N7O5/c1-8-17-47(40(50)37(25(4)5)46-41(51)52-7)23-35-42-22-33(44-35)30-16-15-29(31-20-26(6)53-38(30)31)27-11-13-28(14-12-27)32-21-43-39(45-32)34-10-9-18-48(34)36(49)19-24(2)3/h11-16,20-22,24-25,34,37H,8-10,17-19,23H2,1-7H3,(H,42,44)(H,43,45)(H,46,51). The van der Waals surface area contributed by atoms with Crippen LogP contribution in [0.25, 0.3) is 44.6 Å². The van der Waals surface area contributed by atoms with Crippen LogP contribution in [0.5, 0.6) is 0 Å². The first-order chi connectivity index (χ1) is 25.5. The summed E-state index contributed by atoms with van der Waals surface area (Å²) in [4.78, 5) is 58.4. The van der Waals surface area contributed by atoms with Gasteiger partial charge in [0.05, 0.1) is 43.5 Å². The van der Waals surface area contributed by atoms with Crippen molar-refractivity contribution in [2.75, 3.05) is 20.2 Å². The van der Waals surface area contributed by atoms with Gasteiger partial charge in [-0.2, -0.15) is 0 Å². The quantitative estimate of drug-likeness (QED) is 0.111. The Kier molecular flexibility index (Phi) is 11.4. The number of carbonyl (C=O) groups is 3. The molecule has 6 rings (SSSR count). The van der Waals surface area contributed by atoms with E-state index in [1.54, 1.807) is 11.1 Å². The number of furan rings is 1. The van der Waals surface area contributed by atoms with Crippen molar-refractivity contribution in [1.82, 2.24) is 35.1 Å². The predicted molar refractivity (Wildman–Crippen MR) is 205 cm³/mol. The maximum atomic E-state index is 13.6. The number of carbonyl (C=O) groups excluding carboxylic acids is 3. The topological polar surface area (TPSA) is 149 Å². The molecule has 3 aromatic heterocycles. The van der Waals surface area contributed by atoms with Gasteiger partial charge in [-0.25, -0.2) is 14.8 Å². The summed E-state index contributed by atoms with van der Waals surface area (Å²) in [6, 6.07) is 13.8. The van der Waals surface area contributed by atoms with E-state index in [4.69, 9.17) is 14.1 Å². The summed E-state index contributed by atoms with van der Waals surface area (Å²) in [5.74, 6) is 2.46. The monoisotopic (exact) mass is 721 g/mol. The Morgan fingerprint density at radius 1 is 1.00 bits per heavy atom. The average molecular weight is 722 g/mol. The summed E-state index contributed by atoms with van der Waals surface area (Å²) < 4.78 is 11.0. The van der Waals surface area contributed by atoms with Crippen molar-refractivity contribution in [3.05, 3.63) is 72.3 Å². The van der Waals surface area contributed by atoms with Crippen LogP contribution in [0.1, 0.15) is 83.8 Å². The van der Waals surface area contributed by atoms with Gasteiger partial charge in [-0.15, -0.1) is 0 Å². The molecule has 3 amide bonds. The summed E-state index contributed by atoms with van der Waals surface area (Å²) in [7, 11) is 1.28. The number of hydrogen-bond acceptors (Lipinski definition) is 7. The zero-order chi connectivity index (χ0) is 37.8. The van der Waals surface area contributed by atoms with Crippen molar-refractivity contribution in [2.45, 2.75) is 85.9 Å². The number of aryl methyl sites for hydroxylation is 1. The van der Waals surface area contributed by atoms with Gasteiger partial charge < -0.3 is 34.2 Å². The third-order valence-electron chi connectivity index (χ3n) is 9.84. The van der Waals surface area contributed by atoms with Crippen molar-refractivity contribution >= 4 is 28.9 Å². The van der Waals surface area contributed by atoms with Crippen LogP contribution in [-0.4, -0.2) is 73.9 Å². The van der Waals surface area contributed by atoms with E-state index in [0.717, 1.165) is 82.0 Å². The van der Waals surface area contributed by atoms with E-state index < -0.39 is 12.1 Å². The number of nitrogens with zero attached hydrogens (tertiary/aromatic N) is 4. The summed E-state index contributed by atoms with van der Waals surface area (Å²) in [6.45, 7) is 13.4. The number of rotatable bonds is 13. The first-order valence-corrected chi connectivity index (χ1v) is 18.6. The molecule has 3 N–H and O–H groups in total. The van der Waals surface area contributed by atoms with Crippen LogP contribution in [0, 0.1) is 18.8 Å². The number of ether oxygens (including phenoxy) is 1. The largest absolute Gasteiger partial charge is 0.461 e. The molecule has 0 aliphatic carbocycles. The highest BCUT2D eigenvalue weighted by atomic mass is 16.5. The van der Waals surface area contributed by atoms with Crippen molar-refractivity contribution < 1.29 is 23.5 Å². The minimum absolute atomic E-state index is 0.0123. The van der Waals surface area contributed by atoms with Crippen LogP contribution >= 0.6 is 0 Å². The molecular weight excluding hydrogens is 670 g/mol. The molecule has 0 saturated carbocycles. The smallest absolute Gasteiger partial charge is 0.407 e. The first kappa shape index (κ1) is 37.4. The van der Waals surface area contributed by atoms with Gasteiger partial charge in [0.15, 0.2) is 0 Å². The molecule has 2 atom stereocenters. The number of fused-ring (bicyclic) bond motifs is 1. The molecule has 0 bridgehead atoms. The fraction of sp³-hybridized carbons (Fsp3) is 0.439. The maximum Gasteiger partial charge on any atom is 0.407 e. The molecule has 0 radical (unpaired) electrons. The van der Waals surface area contributed by atoms with Crippen molar-refractivity contribution in [3.8, 4) is 33.6 Å². The Labute approximate surface area is 310 Å². The summed E-state index contributed by atoms with van der Waals surface area (Å²) in [5, 5.41) is 3.67. The number of aromatic nitrogens is 4. The highest BCUT2D eigenvalue weighted by Gasteiger charge is 2.32. The fourth-order valence-corrected chi connectivity index (χ4v) is 7.20. The van der Waals surface area contributed by atoms with Crippen LogP contribution in [-0.2, 0) is 20.9 Å². The average Bonchev–Trinajstić information content (AvgIpc) is 3.96. The Morgan fingerprint density at radius 3 is 2.42 bits per heavy atom. The zero-order valence-electron chi connectivity index (χ0n) is 31.8. The summed E-state index contributed by atoms with van der Waals surface area (Å²) >= 11 is 0. The van der Waals surface area contributed by atoms with Gasteiger partial charge in [-0.3, -0.25) is 9.59 Å². The lowest BCUT2D eigenvalue weighted by Crippen LogP contribution is -2.51. The molecule has 5 aromatic rings. The maximum absolute atomic E-state index is 13.6. The van der Waals surface area contributed by atoms with E-state index in [1.165, 1.54) is 7.11 Å². The second-order valence-corrected chi connectivity index (χ2v) is 14.7. The summed E-state index contributed by atoms with van der Waals surface area (Å²) in [5.41, 5.74) is 6.41. The van der Waals surface area contributed by atoms with Crippen LogP contribution in [0.3, 0.4) is 0 Å². The van der Waals surface area contributed by atoms with Gasteiger partial charge >= 0.3 is 6.09 Å². The SMILES string of the molecule is CCCN(Cc1ncc(-c2ccc(-c3ccc(-c4cnc(C5CCCN5C(=O)CC(C)C)[nH]4)cc3)c3cc(C)oc23)[nH]1)C(=O)C(NC(=O)OC)C(C)C. The number of H-pyrrole nitrogens is 2. The molecule has 12 heteroatoms. The zero-order valence-corrected chi connectivity index (χ0v) is 31.8. The van der Waals surface area contributed by atoms with Crippen molar-refractivity contribution in [3.63, 3.8) is 0 Å². The second-order valence-electron chi connectivity index (χ2n) is 14.7. The Morgan fingerprint density at radius 2 is 1.72 bits per heavy atom. The lowest BCUT2D eigenvalue weighted by molar-refractivity contribution is -0.135. The number of amides is 3. The molecule has 1 aliphatic rings. The molecule has 280 valence electrons. The van der Waals surface area contributed by atoms with Gasteiger partial charge in [0.2, 0.25) is 11.8 Å².